The molecule has 0 spiro atoms. The van der Waals surface area contributed by atoms with Gasteiger partial charge < -0.3 is 25.3 Å². The molecular weight excluding hydrogens is 404 g/mol. The number of methoxy groups -OCH3 is 1. The van der Waals surface area contributed by atoms with Gasteiger partial charge in [-0.1, -0.05) is 29.8 Å². The van der Waals surface area contributed by atoms with Crippen molar-refractivity contribution in [3.63, 3.8) is 0 Å². The number of ether oxygens (including phenoxy) is 1. The number of rotatable bonds is 5. The van der Waals surface area contributed by atoms with Gasteiger partial charge >= 0.3 is 6.03 Å². The number of hydrogen-bond donors (Lipinski definition) is 3. The SMILES string of the molecule is COc1ccccc1CNC(=O)CNC(=O)N1CCc2c([nH]c3ccc(Cl)cc23)C1. The average Bonchev–Trinajstić information content (AvgIpc) is 3.13. The molecule has 0 bridgehead atoms. The molecule has 0 atom stereocenters. The quantitative estimate of drug-likeness (QED) is 0.585. The van der Waals surface area contributed by atoms with Gasteiger partial charge in [-0.05, 0) is 36.2 Å². The van der Waals surface area contributed by atoms with Crippen LogP contribution in [-0.2, 0) is 24.3 Å². The van der Waals surface area contributed by atoms with E-state index < -0.39 is 0 Å². The topological polar surface area (TPSA) is 86.5 Å². The number of para-hydroxylation sites is 1. The number of aromatic amines is 1. The van der Waals surface area contributed by atoms with Gasteiger partial charge in [-0.25, -0.2) is 4.79 Å². The van der Waals surface area contributed by atoms with Crippen LogP contribution >= 0.6 is 11.6 Å². The second-order valence-corrected chi connectivity index (χ2v) is 7.63. The van der Waals surface area contributed by atoms with Gasteiger partial charge in [-0.2, -0.15) is 0 Å². The summed E-state index contributed by atoms with van der Waals surface area (Å²) in [5.74, 6) is 0.456. The highest BCUT2D eigenvalue weighted by Crippen LogP contribution is 2.29. The Balaban J connectivity index is 1.30. The van der Waals surface area contributed by atoms with E-state index >= 15 is 0 Å². The number of urea groups is 1. The van der Waals surface area contributed by atoms with Crippen molar-refractivity contribution in [3.8, 4) is 5.75 Å². The van der Waals surface area contributed by atoms with E-state index in [1.165, 1.54) is 5.56 Å². The Kier molecular flexibility index (Phi) is 5.81. The van der Waals surface area contributed by atoms with Gasteiger partial charge in [-0.3, -0.25) is 4.79 Å². The van der Waals surface area contributed by atoms with Crippen LogP contribution in [0.5, 0.6) is 5.75 Å². The summed E-state index contributed by atoms with van der Waals surface area (Å²) < 4.78 is 5.27. The lowest BCUT2D eigenvalue weighted by atomic mass is 10.0. The fourth-order valence-electron chi connectivity index (χ4n) is 3.76. The summed E-state index contributed by atoms with van der Waals surface area (Å²) in [5, 5.41) is 7.30. The number of hydrogen-bond acceptors (Lipinski definition) is 3. The third kappa shape index (κ3) is 4.21. The summed E-state index contributed by atoms with van der Waals surface area (Å²) in [7, 11) is 1.59. The number of carbonyl (C=O) groups excluding carboxylic acids is 2. The van der Waals surface area contributed by atoms with Gasteiger partial charge in [0.2, 0.25) is 5.91 Å². The van der Waals surface area contributed by atoms with Crippen molar-refractivity contribution in [2.24, 2.45) is 0 Å². The first kappa shape index (κ1) is 20.1. The van der Waals surface area contributed by atoms with Crippen LogP contribution in [0, 0.1) is 0 Å². The van der Waals surface area contributed by atoms with Crippen molar-refractivity contribution < 1.29 is 14.3 Å². The van der Waals surface area contributed by atoms with Crippen LogP contribution in [0.3, 0.4) is 0 Å². The molecule has 1 aliphatic rings. The number of halogens is 1. The molecule has 3 amide bonds. The molecule has 3 aromatic rings. The molecule has 3 N–H and O–H groups in total. The second-order valence-electron chi connectivity index (χ2n) is 7.19. The lowest BCUT2D eigenvalue weighted by molar-refractivity contribution is -0.120. The molecule has 0 radical (unpaired) electrons. The lowest BCUT2D eigenvalue weighted by Crippen LogP contribution is -2.46. The predicted molar refractivity (Wildman–Crippen MR) is 116 cm³/mol. The normalized spacial score (nSPS) is 13.1. The predicted octanol–water partition coefficient (Wildman–Crippen LogP) is 3.21. The standard InChI is InChI=1S/C22H23ClN4O3/c1-30-20-5-3-2-4-14(20)11-24-21(28)12-25-22(29)27-9-8-16-17-10-15(23)6-7-18(17)26-19(16)13-27/h2-7,10,26H,8-9,11-13H2,1H3,(H,24,28)(H,25,29). The summed E-state index contributed by atoms with van der Waals surface area (Å²) >= 11 is 6.12. The Bertz CT molecular complexity index is 1100. The first-order valence-corrected chi connectivity index (χ1v) is 10.1. The third-order valence-electron chi connectivity index (χ3n) is 5.29. The molecule has 8 heteroatoms. The molecule has 4 rings (SSSR count). The molecule has 156 valence electrons. The summed E-state index contributed by atoms with van der Waals surface area (Å²) in [6.07, 6.45) is 0.739. The fraction of sp³-hybridized carbons (Fsp3) is 0.273. The summed E-state index contributed by atoms with van der Waals surface area (Å²) in [5.41, 5.74) is 4.10. The maximum atomic E-state index is 12.5. The van der Waals surface area contributed by atoms with Crippen molar-refractivity contribution in [2.45, 2.75) is 19.5 Å². The highest BCUT2D eigenvalue weighted by molar-refractivity contribution is 6.31. The number of benzene rings is 2. The van der Waals surface area contributed by atoms with E-state index in [1.807, 2.05) is 42.5 Å². The van der Waals surface area contributed by atoms with E-state index in [0.717, 1.165) is 28.6 Å². The highest BCUT2D eigenvalue weighted by atomic mass is 35.5. The number of nitrogens with one attached hydrogen (secondary N) is 3. The number of fused-ring (bicyclic) bond motifs is 3. The minimum absolute atomic E-state index is 0.0837. The van der Waals surface area contributed by atoms with E-state index in [0.29, 0.717) is 30.4 Å². The molecule has 0 fully saturated rings. The van der Waals surface area contributed by atoms with Crippen molar-refractivity contribution in [1.29, 1.82) is 0 Å². The molecule has 0 unspecified atom stereocenters. The molecular formula is C22H23ClN4O3. The largest absolute Gasteiger partial charge is 0.496 e. The van der Waals surface area contributed by atoms with E-state index in [1.54, 1.807) is 12.0 Å². The van der Waals surface area contributed by atoms with Crippen LogP contribution in [0.2, 0.25) is 5.02 Å². The average molecular weight is 427 g/mol. The summed E-state index contributed by atoms with van der Waals surface area (Å²) in [4.78, 5) is 29.8. The maximum absolute atomic E-state index is 12.5. The molecule has 2 heterocycles. The Morgan fingerprint density at radius 3 is 2.87 bits per heavy atom. The number of aromatic nitrogens is 1. The first-order chi connectivity index (χ1) is 14.5. The number of amides is 3. The molecule has 0 saturated carbocycles. The van der Waals surface area contributed by atoms with Gasteiger partial charge in [0.25, 0.3) is 0 Å². The first-order valence-electron chi connectivity index (χ1n) is 9.75. The number of nitrogens with zero attached hydrogens (tertiary/aromatic N) is 1. The second kappa shape index (κ2) is 8.67. The smallest absolute Gasteiger partial charge is 0.318 e. The van der Waals surface area contributed by atoms with Gasteiger partial charge in [0.15, 0.2) is 0 Å². The van der Waals surface area contributed by atoms with E-state index in [2.05, 4.69) is 15.6 Å². The van der Waals surface area contributed by atoms with Gasteiger partial charge in [0, 0.05) is 40.3 Å². The Hall–Kier alpha value is -3.19. The fourth-order valence-corrected chi connectivity index (χ4v) is 3.93. The molecule has 1 aliphatic heterocycles. The molecule has 2 aromatic carbocycles. The molecule has 0 aliphatic carbocycles. The molecule has 0 saturated heterocycles. The van der Waals surface area contributed by atoms with Gasteiger partial charge in [0.05, 0.1) is 20.2 Å². The minimum atomic E-state index is -0.259. The number of H-pyrrole nitrogens is 1. The van der Waals surface area contributed by atoms with Crippen LogP contribution in [0.1, 0.15) is 16.8 Å². The van der Waals surface area contributed by atoms with Gasteiger partial charge in [0.1, 0.15) is 5.75 Å². The van der Waals surface area contributed by atoms with E-state index in [4.69, 9.17) is 16.3 Å². The van der Waals surface area contributed by atoms with E-state index in [9.17, 15) is 9.59 Å². The van der Waals surface area contributed by atoms with Crippen LogP contribution in [-0.4, -0.2) is 42.0 Å². The molecule has 7 nitrogen and oxygen atoms in total. The van der Waals surface area contributed by atoms with E-state index in [-0.39, 0.29) is 18.5 Å². The molecule has 30 heavy (non-hydrogen) atoms. The van der Waals surface area contributed by atoms with Crippen molar-refractivity contribution >= 4 is 34.4 Å². The highest BCUT2D eigenvalue weighted by Gasteiger charge is 2.24. The Morgan fingerprint density at radius 2 is 2.03 bits per heavy atom. The molecule has 1 aromatic heterocycles. The number of carbonyl (C=O) groups is 2. The van der Waals surface area contributed by atoms with Crippen molar-refractivity contribution in [3.05, 3.63) is 64.3 Å². The van der Waals surface area contributed by atoms with Crippen molar-refractivity contribution in [1.82, 2.24) is 20.5 Å². The maximum Gasteiger partial charge on any atom is 0.318 e. The Morgan fingerprint density at radius 1 is 1.20 bits per heavy atom. The minimum Gasteiger partial charge on any atom is -0.496 e. The monoisotopic (exact) mass is 426 g/mol. The van der Waals surface area contributed by atoms with Crippen LogP contribution in [0.4, 0.5) is 4.79 Å². The summed E-state index contributed by atoms with van der Waals surface area (Å²) in [6, 6.07) is 13.0. The third-order valence-corrected chi connectivity index (χ3v) is 5.53. The zero-order valence-electron chi connectivity index (χ0n) is 16.6. The van der Waals surface area contributed by atoms with Crippen LogP contribution in [0.25, 0.3) is 10.9 Å². The van der Waals surface area contributed by atoms with Crippen LogP contribution in [0.15, 0.2) is 42.5 Å². The Labute approximate surface area is 179 Å². The summed E-state index contributed by atoms with van der Waals surface area (Å²) in [6.45, 7) is 1.31. The lowest BCUT2D eigenvalue weighted by Gasteiger charge is -2.27. The zero-order valence-corrected chi connectivity index (χ0v) is 17.4. The van der Waals surface area contributed by atoms with Crippen LogP contribution < -0.4 is 15.4 Å². The van der Waals surface area contributed by atoms with Crippen molar-refractivity contribution in [2.75, 3.05) is 20.2 Å². The zero-order chi connectivity index (χ0) is 21.1. The van der Waals surface area contributed by atoms with Gasteiger partial charge in [-0.15, -0.1) is 0 Å².